The molecule has 0 radical (unpaired) electrons. The molecule has 0 unspecified atom stereocenters. The normalized spacial score (nSPS) is 20.9. The van der Waals surface area contributed by atoms with Gasteiger partial charge in [-0.2, -0.15) is 5.26 Å². The van der Waals surface area contributed by atoms with Crippen molar-refractivity contribution in [3.63, 3.8) is 0 Å². The van der Waals surface area contributed by atoms with E-state index in [1.807, 2.05) is 12.1 Å². The van der Waals surface area contributed by atoms with Gasteiger partial charge >= 0.3 is 0 Å². The molecule has 0 aliphatic carbocycles. The highest BCUT2D eigenvalue weighted by molar-refractivity contribution is 5.65. The topological polar surface area (TPSA) is 42.3 Å². The molecule has 0 atom stereocenters. The average molecular weight is 256 g/mol. The van der Waals surface area contributed by atoms with Crippen LogP contribution in [0.3, 0.4) is 0 Å². The standard InChI is InChI=1S/C15H20N4/c1-12-3-2-4-13(9-16)15(12)19-10-14(11-19)18-7-5-17-6-8-18/h2-4,14,17H,5-8,10-11H2,1H3. The van der Waals surface area contributed by atoms with Crippen molar-refractivity contribution in [1.29, 1.82) is 5.26 Å². The number of hydrogen-bond donors (Lipinski definition) is 1. The minimum atomic E-state index is 0.660. The molecule has 4 heteroatoms. The Morgan fingerprint density at radius 2 is 2.00 bits per heavy atom. The van der Waals surface area contributed by atoms with Crippen LogP contribution in [0.1, 0.15) is 11.1 Å². The van der Waals surface area contributed by atoms with Gasteiger partial charge in [-0.05, 0) is 18.6 Å². The van der Waals surface area contributed by atoms with E-state index in [1.165, 1.54) is 5.56 Å². The van der Waals surface area contributed by atoms with Gasteiger partial charge in [0.2, 0.25) is 0 Å². The fourth-order valence-corrected chi connectivity index (χ4v) is 3.09. The van der Waals surface area contributed by atoms with Crippen LogP contribution in [0.4, 0.5) is 5.69 Å². The molecule has 1 aromatic rings. The predicted octanol–water partition coefficient (Wildman–Crippen LogP) is 0.960. The van der Waals surface area contributed by atoms with Crippen molar-refractivity contribution in [2.75, 3.05) is 44.2 Å². The molecule has 100 valence electrons. The summed E-state index contributed by atoms with van der Waals surface area (Å²) in [7, 11) is 0. The van der Waals surface area contributed by atoms with E-state index in [9.17, 15) is 5.26 Å². The van der Waals surface area contributed by atoms with Gasteiger partial charge in [0.1, 0.15) is 6.07 Å². The summed E-state index contributed by atoms with van der Waals surface area (Å²) >= 11 is 0. The first-order valence-electron chi connectivity index (χ1n) is 6.99. The van der Waals surface area contributed by atoms with Crippen LogP contribution in [0.15, 0.2) is 18.2 Å². The van der Waals surface area contributed by atoms with Crippen LogP contribution in [0.2, 0.25) is 0 Å². The fraction of sp³-hybridized carbons (Fsp3) is 0.533. The number of anilines is 1. The molecule has 0 aromatic heterocycles. The van der Waals surface area contributed by atoms with Crippen molar-refractivity contribution in [3.8, 4) is 6.07 Å². The minimum Gasteiger partial charge on any atom is -0.367 e. The predicted molar refractivity (Wildman–Crippen MR) is 76.3 cm³/mol. The van der Waals surface area contributed by atoms with Crippen molar-refractivity contribution in [2.24, 2.45) is 0 Å². The third kappa shape index (κ3) is 2.32. The molecule has 0 bridgehead atoms. The number of nitriles is 1. The summed E-state index contributed by atoms with van der Waals surface area (Å²) in [5.74, 6) is 0. The number of benzene rings is 1. The van der Waals surface area contributed by atoms with Crippen molar-refractivity contribution in [3.05, 3.63) is 29.3 Å². The highest BCUT2D eigenvalue weighted by Crippen LogP contribution is 2.30. The van der Waals surface area contributed by atoms with Gasteiger partial charge in [-0.3, -0.25) is 4.90 Å². The first-order valence-corrected chi connectivity index (χ1v) is 6.99. The van der Waals surface area contributed by atoms with E-state index in [2.05, 4.69) is 34.2 Å². The first kappa shape index (κ1) is 12.5. The number of rotatable bonds is 2. The lowest BCUT2D eigenvalue weighted by atomic mass is 10.00. The Bertz CT molecular complexity index is 493. The molecule has 0 amide bonds. The number of aryl methyl sites for hydroxylation is 1. The zero-order valence-electron chi connectivity index (χ0n) is 11.4. The monoisotopic (exact) mass is 256 g/mol. The lowest BCUT2D eigenvalue weighted by Gasteiger charge is -2.48. The number of piperazine rings is 1. The van der Waals surface area contributed by atoms with Crippen molar-refractivity contribution >= 4 is 5.69 Å². The summed E-state index contributed by atoms with van der Waals surface area (Å²) in [6.45, 7) is 8.71. The summed E-state index contributed by atoms with van der Waals surface area (Å²) in [6, 6.07) is 8.95. The van der Waals surface area contributed by atoms with Crippen LogP contribution in [0.5, 0.6) is 0 Å². The molecule has 1 N–H and O–H groups in total. The quantitative estimate of drug-likeness (QED) is 0.856. The van der Waals surface area contributed by atoms with Gasteiger partial charge in [-0.1, -0.05) is 12.1 Å². The average Bonchev–Trinajstić information content (AvgIpc) is 2.40. The lowest BCUT2D eigenvalue weighted by molar-refractivity contribution is 0.147. The van der Waals surface area contributed by atoms with Gasteiger partial charge in [0.15, 0.2) is 0 Å². The molecule has 2 fully saturated rings. The molecule has 19 heavy (non-hydrogen) atoms. The fourth-order valence-electron chi connectivity index (χ4n) is 3.09. The molecule has 0 spiro atoms. The van der Waals surface area contributed by atoms with Gasteiger partial charge < -0.3 is 10.2 Å². The molecular weight excluding hydrogens is 236 g/mol. The van der Waals surface area contributed by atoms with E-state index >= 15 is 0 Å². The van der Waals surface area contributed by atoms with E-state index in [1.54, 1.807) is 0 Å². The Morgan fingerprint density at radius 1 is 1.26 bits per heavy atom. The maximum atomic E-state index is 9.23. The second-order valence-electron chi connectivity index (χ2n) is 5.43. The molecule has 4 nitrogen and oxygen atoms in total. The van der Waals surface area contributed by atoms with E-state index in [0.717, 1.165) is 50.5 Å². The highest BCUT2D eigenvalue weighted by Gasteiger charge is 2.33. The Kier molecular flexibility index (Phi) is 3.41. The highest BCUT2D eigenvalue weighted by atomic mass is 15.3. The maximum absolute atomic E-state index is 9.23. The largest absolute Gasteiger partial charge is 0.367 e. The molecule has 0 saturated carbocycles. The molecule has 2 saturated heterocycles. The van der Waals surface area contributed by atoms with Crippen LogP contribution in [0, 0.1) is 18.3 Å². The Balaban J connectivity index is 1.69. The van der Waals surface area contributed by atoms with Gasteiger partial charge in [-0.25, -0.2) is 0 Å². The van der Waals surface area contributed by atoms with Crippen LogP contribution in [-0.4, -0.2) is 50.2 Å². The summed E-state index contributed by atoms with van der Waals surface area (Å²) < 4.78 is 0. The van der Waals surface area contributed by atoms with Gasteiger partial charge in [0.25, 0.3) is 0 Å². The zero-order valence-corrected chi connectivity index (χ0v) is 11.4. The summed E-state index contributed by atoms with van der Waals surface area (Å²) in [6.07, 6.45) is 0. The van der Waals surface area contributed by atoms with Crippen LogP contribution >= 0.6 is 0 Å². The number of para-hydroxylation sites is 1. The lowest BCUT2D eigenvalue weighted by Crippen LogP contribution is -2.63. The molecule has 1 aromatic carbocycles. The molecular formula is C15H20N4. The van der Waals surface area contributed by atoms with E-state index in [0.29, 0.717) is 6.04 Å². The number of nitrogens with one attached hydrogen (secondary N) is 1. The summed E-state index contributed by atoms with van der Waals surface area (Å²) in [4.78, 5) is 4.91. The zero-order chi connectivity index (χ0) is 13.2. The molecule has 2 heterocycles. The second-order valence-corrected chi connectivity index (χ2v) is 5.43. The van der Waals surface area contributed by atoms with Gasteiger partial charge in [0.05, 0.1) is 11.3 Å². The van der Waals surface area contributed by atoms with Gasteiger partial charge in [0, 0.05) is 45.3 Å². The Morgan fingerprint density at radius 3 is 2.68 bits per heavy atom. The molecule has 2 aliphatic heterocycles. The van der Waals surface area contributed by atoms with Crippen LogP contribution < -0.4 is 10.2 Å². The van der Waals surface area contributed by atoms with Crippen molar-refractivity contribution in [1.82, 2.24) is 10.2 Å². The van der Waals surface area contributed by atoms with E-state index < -0.39 is 0 Å². The number of nitrogens with zero attached hydrogens (tertiary/aromatic N) is 3. The van der Waals surface area contributed by atoms with Crippen LogP contribution in [-0.2, 0) is 0 Å². The van der Waals surface area contributed by atoms with Crippen LogP contribution in [0.25, 0.3) is 0 Å². The van der Waals surface area contributed by atoms with E-state index in [4.69, 9.17) is 0 Å². The minimum absolute atomic E-state index is 0.660. The number of hydrogen-bond acceptors (Lipinski definition) is 4. The Hall–Kier alpha value is -1.57. The Labute approximate surface area is 114 Å². The van der Waals surface area contributed by atoms with Crippen molar-refractivity contribution < 1.29 is 0 Å². The molecule has 3 rings (SSSR count). The summed E-state index contributed by atoms with van der Waals surface area (Å²) in [5, 5.41) is 12.6. The van der Waals surface area contributed by atoms with Gasteiger partial charge in [-0.15, -0.1) is 0 Å². The van der Waals surface area contributed by atoms with E-state index in [-0.39, 0.29) is 0 Å². The van der Waals surface area contributed by atoms with Crippen molar-refractivity contribution in [2.45, 2.75) is 13.0 Å². The second kappa shape index (κ2) is 5.20. The maximum Gasteiger partial charge on any atom is 0.101 e. The third-order valence-corrected chi connectivity index (χ3v) is 4.20. The summed E-state index contributed by atoms with van der Waals surface area (Å²) in [5.41, 5.74) is 3.15. The third-order valence-electron chi connectivity index (χ3n) is 4.20. The smallest absolute Gasteiger partial charge is 0.101 e. The molecule has 2 aliphatic rings. The first-order chi connectivity index (χ1) is 9.29. The SMILES string of the molecule is Cc1cccc(C#N)c1N1CC(N2CCNCC2)C1.